The van der Waals surface area contributed by atoms with Crippen LogP contribution in [-0.4, -0.2) is 33.3 Å². The number of benzene rings is 1. The number of methoxy groups -OCH3 is 1. The minimum Gasteiger partial charge on any atom is -0.495 e. The Morgan fingerprint density at radius 3 is 2.33 bits per heavy atom. The van der Waals surface area contributed by atoms with E-state index in [0.29, 0.717) is 11.5 Å². The molecule has 0 fully saturated rings. The van der Waals surface area contributed by atoms with Gasteiger partial charge in [0.25, 0.3) is 0 Å². The monoisotopic (exact) mass is 292 g/mol. The van der Waals surface area contributed by atoms with Gasteiger partial charge >= 0.3 is 0 Å². The molecule has 0 atom stereocenters. The summed E-state index contributed by atoms with van der Waals surface area (Å²) in [5.74, 6) is 0.943. The Labute approximate surface area is 130 Å². The van der Waals surface area contributed by atoms with Crippen LogP contribution in [-0.2, 0) is 0 Å². The van der Waals surface area contributed by atoms with Gasteiger partial charge in [0.15, 0.2) is 0 Å². The van der Waals surface area contributed by atoms with Gasteiger partial charge in [-0.15, -0.1) is 0 Å². The molecule has 0 saturated carbocycles. The highest BCUT2D eigenvalue weighted by atomic mass is 16.5. The average Bonchev–Trinajstić information content (AvgIpc) is 2.51. The Morgan fingerprint density at radius 1 is 1.19 bits per heavy atom. The van der Waals surface area contributed by atoms with E-state index in [2.05, 4.69) is 57.1 Å². The minimum atomic E-state index is 0.292. The van der Waals surface area contributed by atoms with Crippen molar-refractivity contribution in [3.8, 4) is 5.75 Å². The zero-order valence-corrected chi connectivity index (χ0v) is 14.6. The van der Waals surface area contributed by atoms with Crippen molar-refractivity contribution in [1.29, 1.82) is 0 Å². The second kappa shape index (κ2) is 8.28. The Bertz CT molecular complexity index is 413. The van der Waals surface area contributed by atoms with Gasteiger partial charge in [-0.1, -0.05) is 39.8 Å². The maximum atomic E-state index is 5.49. The molecule has 0 heterocycles. The molecule has 0 aliphatic carbocycles. The summed E-state index contributed by atoms with van der Waals surface area (Å²) in [5, 5.41) is 3.62. The van der Waals surface area contributed by atoms with Gasteiger partial charge in [-0.3, -0.25) is 0 Å². The Hall–Kier alpha value is -1.22. The molecule has 0 aromatic heterocycles. The number of rotatable bonds is 9. The molecule has 0 unspecified atom stereocenters. The highest BCUT2D eigenvalue weighted by molar-refractivity contribution is 5.58. The summed E-state index contributed by atoms with van der Waals surface area (Å²) in [5.41, 5.74) is 1.45. The summed E-state index contributed by atoms with van der Waals surface area (Å²) in [6.07, 6.45) is 2.34. The van der Waals surface area contributed by atoms with Crippen LogP contribution in [0.15, 0.2) is 24.3 Å². The lowest BCUT2D eigenvalue weighted by molar-refractivity contribution is 0.248. The molecule has 3 heteroatoms. The largest absolute Gasteiger partial charge is 0.495 e. The van der Waals surface area contributed by atoms with Crippen LogP contribution in [0.5, 0.6) is 5.75 Å². The lowest BCUT2D eigenvalue weighted by Gasteiger charge is -2.38. The number of nitrogens with zero attached hydrogens (tertiary/aromatic N) is 1. The summed E-state index contributed by atoms with van der Waals surface area (Å²) in [4.78, 5) is 2.33. The summed E-state index contributed by atoms with van der Waals surface area (Å²) in [6.45, 7) is 11.1. The second-order valence-corrected chi connectivity index (χ2v) is 6.27. The molecule has 0 saturated heterocycles. The molecule has 21 heavy (non-hydrogen) atoms. The van der Waals surface area contributed by atoms with Gasteiger partial charge in [-0.05, 0) is 30.4 Å². The van der Waals surface area contributed by atoms with Crippen LogP contribution in [0.3, 0.4) is 0 Å². The molecule has 120 valence electrons. The van der Waals surface area contributed by atoms with Gasteiger partial charge in [0.2, 0.25) is 0 Å². The fourth-order valence-corrected chi connectivity index (χ4v) is 2.73. The van der Waals surface area contributed by atoms with E-state index in [0.717, 1.165) is 24.5 Å². The van der Waals surface area contributed by atoms with E-state index in [-0.39, 0.29) is 0 Å². The van der Waals surface area contributed by atoms with Crippen LogP contribution in [0.2, 0.25) is 0 Å². The number of ether oxygens (including phenoxy) is 1. The fraction of sp³-hybridized carbons (Fsp3) is 0.667. The summed E-state index contributed by atoms with van der Waals surface area (Å²) >= 11 is 0. The number of para-hydroxylation sites is 2. The van der Waals surface area contributed by atoms with Crippen molar-refractivity contribution in [3.63, 3.8) is 0 Å². The lowest BCUT2D eigenvalue weighted by Crippen LogP contribution is -2.44. The van der Waals surface area contributed by atoms with Crippen molar-refractivity contribution < 1.29 is 4.74 Å². The predicted octanol–water partition coefficient (Wildman–Crippen LogP) is 3.94. The van der Waals surface area contributed by atoms with Crippen molar-refractivity contribution in [1.82, 2.24) is 5.32 Å². The molecule has 1 N–H and O–H groups in total. The van der Waals surface area contributed by atoms with E-state index in [9.17, 15) is 0 Å². The van der Waals surface area contributed by atoms with E-state index in [1.165, 1.54) is 12.8 Å². The fourth-order valence-electron chi connectivity index (χ4n) is 2.73. The molecule has 1 aromatic carbocycles. The van der Waals surface area contributed by atoms with Crippen molar-refractivity contribution in [2.24, 2.45) is 5.41 Å². The van der Waals surface area contributed by atoms with Crippen molar-refractivity contribution in [3.05, 3.63) is 24.3 Å². The number of anilines is 1. The van der Waals surface area contributed by atoms with Crippen molar-refractivity contribution in [2.45, 2.75) is 46.6 Å². The average molecular weight is 292 g/mol. The summed E-state index contributed by atoms with van der Waals surface area (Å²) < 4.78 is 5.49. The third-order valence-electron chi connectivity index (χ3n) is 4.45. The Balaban J connectivity index is 2.87. The van der Waals surface area contributed by atoms with E-state index in [4.69, 9.17) is 4.74 Å². The van der Waals surface area contributed by atoms with Gasteiger partial charge in [-0.2, -0.15) is 0 Å². The quantitative estimate of drug-likeness (QED) is 0.746. The topological polar surface area (TPSA) is 24.5 Å². The van der Waals surface area contributed by atoms with Gasteiger partial charge < -0.3 is 15.0 Å². The van der Waals surface area contributed by atoms with Crippen LogP contribution < -0.4 is 15.0 Å². The Morgan fingerprint density at radius 2 is 1.81 bits per heavy atom. The molecular weight excluding hydrogens is 260 g/mol. The molecule has 0 amide bonds. The smallest absolute Gasteiger partial charge is 0.142 e. The molecular formula is C18H32N2O. The van der Waals surface area contributed by atoms with Crippen LogP contribution in [0.25, 0.3) is 0 Å². The number of nitrogens with one attached hydrogen (secondary N) is 1. The molecule has 0 radical (unpaired) electrons. The first kappa shape index (κ1) is 17.8. The van der Waals surface area contributed by atoms with E-state index >= 15 is 0 Å². The Kier molecular flexibility index (Phi) is 7.03. The maximum Gasteiger partial charge on any atom is 0.142 e. The molecule has 0 bridgehead atoms. The standard InChI is InChI=1S/C18H32N2O/c1-7-18(8-2,13-19-15(3)4)14-20(5)16-11-9-10-12-17(16)21-6/h9-12,15,19H,7-8,13-14H2,1-6H3. The molecule has 3 nitrogen and oxygen atoms in total. The van der Waals surface area contributed by atoms with Gasteiger partial charge in [0.05, 0.1) is 12.8 Å². The second-order valence-electron chi connectivity index (χ2n) is 6.27. The maximum absolute atomic E-state index is 5.49. The molecule has 0 aliphatic heterocycles. The zero-order valence-electron chi connectivity index (χ0n) is 14.6. The van der Waals surface area contributed by atoms with E-state index in [1.807, 2.05) is 12.1 Å². The van der Waals surface area contributed by atoms with Crippen molar-refractivity contribution in [2.75, 3.05) is 32.1 Å². The number of hydrogen-bond acceptors (Lipinski definition) is 3. The normalized spacial score (nSPS) is 11.8. The summed E-state index contributed by atoms with van der Waals surface area (Å²) in [6, 6.07) is 8.77. The SMILES string of the molecule is CCC(CC)(CNC(C)C)CN(C)c1ccccc1OC. The third kappa shape index (κ3) is 4.92. The number of hydrogen-bond donors (Lipinski definition) is 1. The van der Waals surface area contributed by atoms with Gasteiger partial charge in [0.1, 0.15) is 5.75 Å². The van der Waals surface area contributed by atoms with E-state index in [1.54, 1.807) is 7.11 Å². The van der Waals surface area contributed by atoms with Crippen LogP contribution >= 0.6 is 0 Å². The first-order valence-electron chi connectivity index (χ1n) is 8.05. The lowest BCUT2D eigenvalue weighted by atomic mass is 9.81. The first-order valence-corrected chi connectivity index (χ1v) is 8.05. The van der Waals surface area contributed by atoms with Gasteiger partial charge in [-0.25, -0.2) is 0 Å². The molecule has 1 rings (SSSR count). The van der Waals surface area contributed by atoms with Crippen molar-refractivity contribution >= 4 is 5.69 Å². The molecule has 0 aliphatic rings. The van der Waals surface area contributed by atoms with Gasteiger partial charge in [0, 0.05) is 26.2 Å². The molecule has 1 aromatic rings. The highest BCUT2D eigenvalue weighted by Crippen LogP contribution is 2.32. The van der Waals surface area contributed by atoms with Crippen LogP contribution in [0.1, 0.15) is 40.5 Å². The van der Waals surface area contributed by atoms with Crippen LogP contribution in [0.4, 0.5) is 5.69 Å². The third-order valence-corrected chi connectivity index (χ3v) is 4.45. The summed E-state index contributed by atoms with van der Waals surface area (Å²) in [7, 11) is 3.90. The first-order chi connectivity index (χ1) is 9.98. The predicted molar refractivity (Wildman–Crippen MR) is 92.4 cm³/mol. The minimum absolute atomic E-state index is 0.292. The van der Waals surface area contributed by atoms with Crippen LogP contribution in [0, 0.1) is 5.41 Å². The molecule has 0 spiro atoms. The van der Waals surface area contributed by atoms with E-state index < -0.39 is 0 Å². The zero-order chi connectivity index (χ0) is 15.9. The highest BCUT2D eigenvalue weighted by Gasteiger charge is 2.28.